The van der Waals surface area contributed by atoms with Crippen molar-refractivity contribution >= 4 is 21.8 Å². The molecular weight excluding hydrogens is 170 g/mol. The van der Waals surface area contributed by atoms with Gasteiger partial charge in [-0.1, -0.05) is 22.0 Å². The number of hydrogen-bond donors (Lipinski definition) is 1. The highest BCUT2D eigenvalue weighted by Crippen LogP contribution is 2.02. The molecule has 1 amide bonds. The van der Waals surface area contributed by atoms with Gasteiger partial charge in [-0.3, -0.25) is 4.79 Å². The lowest BCUT2D eigenvalue weighted by Crippen LogP contribution is -2.30. The zero-order valence-corrected chi connectivity index (χ0v) is 5.81. The fraction of sp³-hybridized carbons (Fsp3) is 0.400. The lowest BCUT2D eigenvalue weighted by atomic mass is 10.3. The Labute approximate surface area is 56.1 Å². The van der Waals surface area contributed by atoms with E-state index in [-0.39, 0.29) is 5.91 Å². The second-order valence-corrected chi connectivity index (χ2v) is 2.80. The van der Waals surface area contributed by atoms with Gasteiger partial charge in [-0.15, -0.1) is 0 Å². The van der Waals surface area contributed by atoms with E-state index in [0.29, 0.717) is 11.4 Å². The summed E-state index contributed by atoms with van der Waals surface area (Å²) in [6.07, 6.45) is 3.36. The van der Waals surface area contributed by atoms with Crippen LogP contribution in [0.5, 0.6) is 0 Å². The molecule has 1 aliphatic heterocycles. The molecule has 0 bridgehead atoms. The zero-order valence-electron chi connectivity index (χ0n) is 4.23. The van der Waals surface area contributed by atoms with Crippen LogP contribution in [0, 0.1) is 0 Å². The van der Waals surface area contributed by atoms with Gasteiger partial charge < -0.3 is 5.32 Å². The van der Waals surface area contributed by atoms with Crippen LogP contribution in [0.15, 0.2) is 12.2 Å². The average Bonchev–Trinajstić information content (AvgIpc) is 1.77. The van der Waals surface area contributed by atoms with Crippen LogP contribution in [0.1, 0.15) is 0 Å². The third-order valence-electron chi connectivity index (χ3n) is 0.928. The molecule has 3 heteroatoms. The van der Waals surface area contributed by atoms with Crippen LogP contribution >= 0.6 is 15.9 Å². The third-order valence-corrected chi connectivity index (χ3v) is 1.56. The van der Waals surface area contributed by atoms with Crippen LogP contribution in [0.3, 0.4) is 0 Å². The Hall–Kier alpha value is -0.310. The summed E-state index contributed by atoms with van der Waals surface area (Å²) < 4.78 is 0. The van der Waals surface area contributed by atoms with Crippen LogP contribution in [0.2, 0.25) is 0 Å². The Morgan fingerprint density at radius 2 is 2.62 bits per heavy atom. The van der Waals surface area contributed by atoms with Gasteiger partial charge in [-0.05, 0) is 0 Å². The zero-order chi connectivity index (χ0) is 5.98. The first-order valence-electron chi connectivity index (χ1n) is 2.39. The number of halogens is 1. The summed E-state index contributed by atoms with van der Waals surface area (Å²) in [6.45, 7) is 0.704. The fourth-order valence-electron chi connectivity index (χ4n) is 0.517. The summed E-state index contributed by atoms with van der Waals surface area (Å²) in [5.74, 6) is 0.000648. The van der Waals surface area contributed by atoms with Gasteiger partial charge in [0.2, 0.25) is 5.91 Å². The molecular formula is C5H6BrNO. The van der Waals surface area contributed by atoms with Crippen molar-refractivity contribution < 1.29 is 4.79 Å². The van der Waals surface area contributed by atoms with Crippen molar-refractivity contribution in [1.29, 1.82) is 0 Å². The van der Waals surface area contributed by atoms with E-state index in [1.165, 1.54) is 6.08 Å². The van der Waals surface area contributed by atoms with Gasteiger partial charge >= 0.3 is 0 Å². The van der Waals surface area contributed by atoms with E-state index >= 15 is 0 Å². The number of hydrogen-bond acceptors (Lipinski definition) is 1. The Bertz CT molecular complexity index is 132. The number of alkyl halides is 1. The molecule has 1 aliphatic rings. The molecule has 44 valence electrons. The van der Waals surface area contributed by atoms with Crippen LogP contribution in [0.4, 0.5) is 0 Å². The van der Waals surface area contributed by atoms with Gasteiger partial charge in [0.05, 0.1) is 4.83 Å². The van der Waals surface area contributed by atoms with Crippen molar-refractivity contribution in [1.82, 2.24) is 5.32 Å². The number of nitrogens with one attached hydrogen (secondary N) is 1. The van der Waals surface area contributed by atoms with Crippen molar-refractivity contribution in [2.75, 3.05) is 6.54 Å². The predicted octanol–water partition coefficient (Wildman–Crippen LogP) is 0.436. The first-order valence-corrected chi connectivity index (χ1v) is 3.31. The Morgan fingerprint density at radius 1 is 1.88 bits per heavy atom. The van der Waals surface area contributed by atoms with E-state index in [4.69, 9.17) is 0 Å². The number of carbonyl (C=O) groups is 1. The predicted molar refractivity (Wildman–Crippen MR) is 34.9 cm³/mol. The first kappa shape index (κ1) is 5.82. The molecule has 0 fully saturated rings. The molecule has 1 rings (SSSR count). The molecule has 0 spiro atoms. The smallest absolute Gasteiger partial charge is 0.243 e. The Morgan fingerprint density at radius 3 is 3.00 bits per heavy atom. The van der Waals surface area contributed by atoms with Gasteiger partial charge in [0.25, 0.3) is 0 Å². The van der Waals surface area contributed by atoms with Gasteiger partial charge in [-0.2, -0.15) is 0 Å². The topological polar surface area (TPSA) is 29.1 Å². The quantitative estimate of drug-likeness (QED) is 0.533. The number of rotatable bonds is 0. The van der Waals surface area contributed by atoms with E-state index in [1.807, 2.05) is 6.08 Å². The minimum absolute atomic E-state index is 0.000648. The summed E-state index contributed by atoms with van der Waals surface area (Å²) >= 11 is 3.31. The molecule has 0 aliphatic carbocycles. The maximum atomic E-state index is 10.4. The number of amides is 1. The average molecular weight is 176 g/mol. The molecule has 0 saturated heterocycles. The van der Waals surface area contributed by atoms with E-state index in [2.05, 4.69) is 21.2 Å². The molecule has 0 radical (unpaired) electrons. The minimum atomic E-state index is 0.000648. The van der Waals surface area contributed by atoms with E-state index in [1.54, 1.807) is 0 Å². The summed E-state index contributed by atoms with van der Waals surface area (Å²) in [5, 5.41) is 2.66. The highest BCUT2D eigenvalue weighted by Gasteiger charge is 2.06. The van der Waals surface area contributed by atoms with Gasteiger partial charge in [0.15, 0.2) is 0 Å². The van der Waals surface area contributed by atoms with Gasteiger partial charge in [0.1, 0.15) is 0 Å². The summed E-state index contributed by atoms with van der Waals surface area (Å²) in [6, 6.07) is 0. The first-order chi connectivity index (χ1) is 3.79. The maximum absolute atomic E-state index is 10.4. The van der Waals surface area contributed by atoms with Gasteiger partial charge in [-0.25, -0.2) is 0 Å². The molecule has 1 atom stereocenters. The van der Waals surface area contributed by atoms with Crippen LogP contribution < -0.4 is 5.32 Å². The van der Waals surface area contributed by atoms with Crippen molar-refractivity contribution in [3.63, 3.8) is 0 Å². The molecule has 0 aromatic carbocycles. The van der Waals surface area contributed by atoms with Crippen LogP contribution in [-0.4, -0.2) is 17.3 Å². The minimum Gasteiger partial charge on any atom is -0.351 e. The molecule has 1 N–H and O–H groups in total. The van der Waals surface area contributed by atoms with Crippen molar-refractivity contribution in [3.8, 4) is 0 Å². The highest BCUT2D eigenvalue weighted by atomic mass is 79.9. The normalized spacial score (nSPS) is 27.6. The Balaban J connectivity index is 2.55. The van der Waals surface area contributed by atoms with Crippen LogP contribution in [-0.2, 0) is 4.79 Å². The molecule has 2 nitrogen and oxygen atoms in total. The largest absolute Gasteiger partial charge is 0.351 e. The summed E-state index contributed by atoms with van der Waals surface area (Å²) in [4.78, 5) is 10.7. The van der Waals surface area contributed by atoms with E-state index in [9.17, 15) is 4.79 Å². The standard InChI is InChI=1S/C5H6BrNO/c6-4-1-2-5(8)7-3-4/h1-2,4H,3H2,(H,7,8). The van der Waals surface area contributed by atoms with Gasteiger partial charge in [0, 0.05) is 12.6 Å². The van der Waals surface area contributed by atoms with Crippen molar-refractivity contribution in [2.24, 2.45) is 0 Å². The van der Waals surface area contributed by atoms with Crippen LogP contribution in [0.25, 0.3) is 0 Å². The van der Waals surface area contributed by atoms with Crippen molar-refractivity contribution in [3.05, 3.63) is 12.2 Å². The molecule has 0 aromatic rings. The van der Waals surface area contributed by atoms with E-state index < -0.39 is 0 Å². The second kappa shape index (κ2) is 2.31. The fourth-order valence-corrected chi connectivity index (χ4v) is 0.831. The summed E-state index contributed by atoms with van der Waals surface area (Å²) in [5.41, 5.74) is 0. The molecule has 0 aromatic heterocycles. The second-order valence-electron chi connectivity index (χ2n) is 1.62. The lowest BCUT2D eigenvalue weighted by molar-refractivity contribution is -0.116. The molecule has 8 heavy (non-hydrogen) atoms. The highest BCUT2D eigenvalue weighted by molar-refractivity contribution is 9.09. The maximum Gasteiger partial charge on any atom is 0.243 e. The Kier molecular flexibility index (Phi) is 1.68. The number of carbonyl (C=O) groups excluding carboxylic acids is 1. The monoisotopic (exact) mass is 175 g/mol. The third kappa shape index (κ3) is 1.33. The van der Waals surface area contributed by atoms with E-state index in [0.717, 1.165) is 0 Å². The summed E-state index contributed by atoms with van der Waals surface area (Å²) in [7, 11) is 0. The molecule has 1 heterocycles. The lowest BCUT2D eigenvalue weighted by Gasteiger charge is -2.09. The molecule has 0 saturated carbocycles. The SMILES string of the molecule is O=C1C=CC(Br)CN1. The molecule has 1 unspecified atom stereocenters. The van der Waals surface area contributed by atoms with Crippen molar-refractivity contribution in [2.45, 2.75) is 4.83 Å².